The third-order valence-electron chi connectivity index (χ3n) is 5.04. The molecule has 0 amide bonds. The van der Waals surface area contributed by atoms with Crippen LogP contribution in [0.15, 0.2) is 72.8 Å². The Morgan fingerprint density at radius 3 is 1.85 bits per heavy atom. The molecule has 0 aromatic heterocycles. The van der Waals surface area contributed by atoms with E-state index in [2.05, 4.69) is 94.4 Å². The van der Waals surface area contributed by atoms with Crippen LogP contribution in [0.25, 0.3) is 0 Å². The maximum Gasteiger partial charge on any atom is 0.261 e. The first kappa shape index (κ1) is 21.6. The monoisotopic (exact) mass is 382 g/mol. The fourth-order valence-electron chi connectivity index (χ4n) is 3.81. The minimum Gasteiger partial charge on any atom is -0.404 e. The van der Waals surface area contributed by atoms with E-state index in [-0.39, 0.29) is 17.7 Å². The number of hydrogen-bond acceptors (Lipinski definition) is 2. The molecule has 0 saturated heterocycles. The Kier molecular flexibility index (Phi) is 8.02. The molecule has 3 heteroatoms. The Labute approximate surface area is 166 Å². The maximum atomic E-state index is 9.11. The summed E-state index contributed by atoms with van der Waals surface area (Å²) in [6.07, 6.45) is 6.94. The number of rotatable bonds is 9. The second-order valence-electron chi connectivity index (χ2n) is 8.08. The van der Waals surface area contributed by atoms with Gasteiger partial charge in [-0.15, -0.1) is 0 Å². The van der Waals surface area contributed by atoms with Crippen LogP contribution >= 0.6 is 0 Å². The lowest BCUT2D eigenvalue weighted by molar-refractivity contribution is 0.179. The molecule has 0 aliphatic heterocycles. The summed E-state index contributed by atoms with van der Waals surface area (Å²) in [5, 5.41) is 11.7. The van der Waals surface area contributed by atoms with Crippen molar-refractivity contribution in [2.24, 2.45) is 0 Å². The SMILES string of the molecule is CCC[C@H](C/C=C\CO)O[Si](c1ccccc1)(c1ccccc1)C(C)(C)C. The normalized spacial score (nSPS) is 13.8. The molecule has 0 aliphatic carbocycles. The summed E-state index contributed by atoms with van der Waals surface area (Å²) in [5.41, 5.74) is 0. The fraction of sp³-hybridized carbons (Fsp3) is 0.417. The molecule has 0 spiro atoms. The summed E-state index contributed by atoms with van der Waals surface area (Å²) < 4.78 is 7.17. The Morgan fingerprint density at radius 2 is 1.44 bits per heavy atom. The van der Waals surface area contributed by atoms with Crippen LogP contribution in [-0.2, 0) is 4.43 Å². The van der Waals surface area contributed by atoms with Crippen molar-refractivity contribution < 1.29 is 9.53 Å². The smallest absolute Gasteiger partial charge is 0.261 e. The summed E-state index contributed by atoms with van der Waals surface area (Å²) >= 11 is 0. The van der Waals surface area contributed by atoms with Gasteiger partial charge in [-0.05, 0) is 28.3 Å². The molecule has 0 bridgehead atoms. The fourth-order valence-corrected chi connectivity index (χ4v) is 8.54. The minimum atomic E-state index is -2.51. The Morgan fingerprint density at radius 1 is 0.926 bits per heavy atom. The molecular weight excluding hydrogens is 348 g/mol. The predicted octanol–water partition coefficient (Wildman–Crippen LogP) is 4.67. The molecule has 1 N–H and O–H groups in total. The van der Waals surface area contributed by atoms with E-state index in [0.717, 1.165) is 19.3 Å². The van der Waals surface area contributed by atoms with Crippen LogP contribution in [0.2, 0.25) is 5.04 Å². The number of benzene rings is 2. The first-order valence-electron chi connectivity index (χ1n) is 10.0. The minimum absolute atomic E-state index is 0.0115. The van der Waals surface area contributed by atoms with E-state index in [1.165, 1.54) is 10.4 Å². The molecule has 0 heterocycles. The molecular formula is C24H34O2Si. The molecule has 0 saturated carbocycles. The number of aliphatic hydroxyl groups is 1. The molecule has 1 atom stereocenters. The Bertz CT molecular complexity index is 650. The highest BCUT2D eigenvalue weighted by molar-refractivity contribution is 6.99. The zero-order chi connectivity index (χ0) is 19.8. The van der Waals surface area contributed by atoms with Gasteiger partial charge in [0.15, 0.2) is 0 Å². The first-order chi connectivity index (χ1) is 13.0. The van der Waals surface area contributed by atoms with Crippen LogP contribution in [0.1, 0.15) is 47.0 Å². The van der Waals surface area contributed by atoms with Gasteiger partial charge in [-0.2, -0.15) is 0 Å². The van der Waals surface area contributed by atoms with Crippen molar-refractivity contribution in [1.82, 2.24) is 0 Å². The van der Waals surface area contributed by atoms with Gasteiger partial charge in [-0.25, -0.2) is 0 Å². The molecule has 146 valence electrons. The zero-order valence-corrected chi connectivity index (χ0v) is 18.2. The maximum absolute atomic E-state index is 9.11. The van der Waals surface area contributed by atoms with Crippen LogP contribution in [0.3, 0.4) is 0 Å². The van der Waals surface area contributed by atoms with Crippen molar-refractivity contribution in [2.45, 2.75) is 58.1 Å². The summed E-state index contributed by atoms with van der Waals surface area (Å²) in [4.78, 5) is 0. The molecule has 0 fully saturated rings. The highest BCUT2D eigenvalue weighted by atomic mass is 28.4. The van der Waals surface area contributed by atoms with Gasteiger partial charge in [-0.3, -0.25) is 0 Å². The van der Waals surface area contributed by atoms with Gasteiger partial charge in [0, 0.05) is 6.10 Å². The van der Waals surface area contributed by atoms with Gasteiger partial charge in [0.2, 0.25) is 0 Å². The quantitative estimate of drug-likeness (QED) is 0.504. The molecule has 2 rings (SSSR count). The van der Waals surface area contributed by atoms with Crippen molar-refractivity contribution in [3.63, 3.8) is 0 Å². The van der Waals surface area contributed by atoms with E-state index in [1.807, 2.05) is 6.08 Å². The van der Waals surface area contributed by atoms with Crippen LogP contribution in [0.4, 0.5) is 0 Å². The molecule has 27 heavy (non-hydrogen) atoms. The molecule has 2 nitrogen and oxygen atoms in total. The average Bonchev–Trinajstić information content (AvgIpc) is 2.66. The third kappa shape index (κ3) is 5.19. The highest BCUT2D eigenvalue weighted by Crippen LogP contribution is 2.38. The van der Waals surface area contributed by atoms with Crippen molar-refractivity contribution >= 4 is 18.7 Å². The molecule has 0 unspecified atom stereocenters. The van der Waals surface area contributed by atoms with E-state index in [9.17, 15) is 0 Å². The van der Waals surface area contributed by atoms with E-state index in [1.54, 1.807) is 0 Å². The van der Waals surface area contributed by atoms with Crippen LogP contribution in [0, 0.1) is 0 Å². The molecule has 2 aromatic rings. The Hall–Kier alpha value is -1.68. The van der Waals surface area contributed by atoms with Crippen molar-refractivity contribution in [3.8, 4) is 0 Å². The second kappa shape index (κ2) is 10.0. The molecule has 2 aromatic carbocycles. The van der Waals surface area contributed by atoms with E-state index in [4.69, 9.17) is 9.53 Å². The summed E-state index contributed by atoms with van der Waals surface area (Å²) in [6.45, 7) is 9.22. The largest absolute Gasteiger partial charge is 0.404 e. The lowest BCUT2D eigenvalue weighted by Gasteiger charge is -2.45. The topological polar surface area (TPSA) is 29.5 Å². The van der Waals surface area contributed by atoms with E-state index in [0.29, 0.717) is 0 Å². The second-order valence-corrected chi connectivity index (χ2v) is 12.3. The van der Waals surface area contributed by atoms with Crippen LogP contribution in [-0.4, -0.2) is 26.1 Å². The highest BCUT2D eigenvalue weighted by Gasteiger charge is 2.51. The average molecular weight is 383 g/mol. The van der Waals surface area contributed by atoms with Crippen LogP contribution in [0.5, 0.6) is 0 Å². The number of aliphatic hydroxyl groups excluding tert-OH is 1. The van der Waals surface area contributed by atoms with Crippen molar-refractivity contribution in [1.29, 1.82) is 0 Å². The van der Waals surface area contributed by atoms with Gasteiger partial charge in [0.05, 0.1) is 6.61 Å². The standard InChI is InChI=1S/C24H34O2Si/c1-5-14-21(15-12-13-20-25)26-27(24(2,3)4,22-16-8-6-9-17-22)23-18-10-7-11-19-23/h6-13,16-19,21,25H,5,14-15,20H2,1-4H3/b13-12-/t21-/m1/s1. The third-order valence-corrected chi connectivity index (χ3v) is 10.1. The van der Waals surface area contributed by atoms with Crippen molar-refractivity contribution in [2.75, 3.05) is 6.61 Å². The number of hydrogen-bond donors (Lipinski definition) is 1. The summed E-state index contributed by atoms with van der Waals surface area (Å²) in [5.74, 6) is 0. The lowest BCUT2D eigenvalue weighted by atomic mass is 10.1. The van der Waals surface area contributed by atoms with Gasteiger partial charge >= 0.3 is 0 Å². The van der Waals surface area contributed by atoms with Gasteiger partial charge in [-0.1, -0.05) is 107 Å². The van der Waals surface area contributed by atoms with Gasteiger partial charge in [0.25, 0.3) is 8.32 Å². The molecule has 0 aliphatic rings. The predicted molar refractivity (Wildman–Crippen MR) is 118 cm³/mol. The first-order valence-corrected chi connectivity index (χ1v) is 11.9. The summed E-state index contributed by atoms with van der Waals surface area (Å²) in [6, 6.07) is 21.6. The zero-order valence-electron chi connectivity index (χ0n) is 17.2. The van der Waals surface area contributed by atoms with E-state index < -0.39 is 8.32 Å². The van der Waals surface area contributed by atoms with Crippen LogP contribution < -0.4 is 10.4 Å². The lowest BCUT2D eigenvalue weighted by Crippen LogP contribution is -2.67. The molecule has 0 radical (unpaired) electrons. The van der Waals surface area contributed by atoms with Crippen molar-refractivity contribution in [3.05, 3.63) is 72.8 Å². The van der Waals surface area contributed by atoms with Gasteiger partial charge < -0.3 is 9.53 Å². The van der Waals surface area contributed by atoms with Gasteiger partial charge in [0.1, 0.15) is 0 Å². The Balaban J connectivity index is 2.58. The summed E-state index contributed by atoms with van der Waals surface area (Å²) in [7, 11) is -2.51. The van der Waals surface area contributed by atoms with E-state index >= 15 is 0 Å².